The molecule has 0 radical (unpaired) electrons. The Morgan fingerprint density at radius 1 is 1.12 bits per heavy atom. The first-order valence-corrected chi connectivity index (χ1v) is 14.4. The molecule has 3 N–H and O–H groups in total. The molecule has 1 spiro atoms. The van der Waals surface area contributed by atoms with Crippen LogP contribution in [0.2, 0.25) is 0 Å². The summed E-state index contributed by atoms with van der Waals surface area (Å²) in [5, 5.41) is 16.6. The molecule has 8 nitrogen and oxygen atoms in total. The van der Waals surface area contributed by atoms with Crippen molar-refractivity contribution in [3.8, 4) is 0 Å². The van der Waals surface area contributed by atoms with Gasteiger partial charge in [0, 0.05) is 12.2 Å². The summed E-state index contributed by atoms with van der Waals surface area (Å²) in [5.74, 6) is -2.49. The number of fused-ring (bicyclic) bond motifs is 1. The minimum absolute atomic E-state index is 0.0571. The van der Waals surface area contributed by atoms with Crippen LogP contribution in [0.1, 0.15) is 56.7 Å². The van der Waals surface area contributed by atoms with E-state index in [9.17, 15) is 19.5 Å². The van der Waals surface area contributed by atoms with Crippen molar-refractivity contribution in [3.63, 3.8) is 0 Å². The molecule has 3 fully saturated rings. The number of aliphatic hydroxyl groups excluding tert-OH is 1. The van der Waals surface area contributed by atoms with E-state index in [4.69, 9.17) is 4.74 Å². The van der Waals surface area contributed by atoms with E-state index in [2.05, 4.69) is 10.6 Å². The van der Waals surface area contributed by atoms with Crippen molar-refractivity contribution < 1.29 is 24.2 Å². The van der Waals surface area contributed by atoms with Crippen LogP contribution in [0.15, 0.2) is 48.5 Å². The van der Waals surface area contributed by atoms with Gasteiger partial charge in [0.15, 0.2) is 0 Å². The molecule has 0 aromatic heterocycles. The first-order valence-electron chi connectivity index (χ1n) is 14.4. The number of aliphatic hydroxyl groups is 1. The summed E-state index contributed by atoms with van der Waals surface area (Å²) in [6.45, 7) is 9.81. The molecule has 3 aliphatic rings. The SMILES string of the molecule is CC[C@H](C)[C@H](CO)N1C(=O)[C@@H]2[C@@H](C(=O)NCc3ccccc3)[C@@]3(C)CCC2(O3)C1C(=O)Nc1cc(C)ccc1C. The first kappa shape index (κ1) is 28.3. The number of rotatable bonds is 9. The Morgan fingerprint density at radius 2 is 1.85 bits per heavy atom. The van der Waals surface area contributed by atoms with Crippen LogP contribution in [0.25, 0.3) is 0 Å². The fraction of sp³-hybridized carbons (Fsp3) is 0.531. The standard InChI is InChI=1S/C32H41N3O5/c1-6-20(3)24(18-36)35-27(29(38)34-23-16-19(2)12-13-21(23)4)32-15-14-31(5,40-32)25(26(32)30(35)39)28(37)33-17-22-10-8-7-9-11-22/h7-13,16,20,24-27,36H,6,14-15,17-18H2,1-5H3,(H,33,37)(H,34,38)/t20-,24-,25-,26-,27?,31+,32?/m0/s1. The van der Waals surface area contributed by atoms with E-state index in [0.29, 0.717) is 25.1 Å². The molecule has 0 aliphatic carbocycles. The molecule has 5 rings (SSSR count). The molecule has 3 heterocycles. The molecule has 40 heavy (non-hydrogen) atoms. The van der Waals surface area contributed by atoms with Gasteiger partial charge in [-0.1, -0.05) is 62.7 Å². The number of aryl methyl sites for hydroxylation is 2. The van der Waals surface area contributed by atoms with E-state index >= 15 is 0 Å². The number of carbonyl (C=O) groups is 3. The van der Waals surface area contributed by atoms with Gasteiger partial charge in [0.2, 0.25) is 17.7 Å². The van der Waals surface area contributed by atoms with Crippen molar-refractivity contribution in [3.05, 3.63) is 65.2 Å². The maximum Gasteiger partial charge on any atom is 0.250 e. The molecule has 3 saturated heterocycles. The number of likely N-dealkylation sites (tertiary alicyclic amines) is 1. The van der Waals surface area contributed by atoms with Crippen LogP contribution in [-0.4, -0.2) is 57.6 Å². The lowest BCUT2D eigenvalue weighted by Gasteiger charge is -2.39. The number of nitrogens with one attached hydrogen (secondary N) is 2. The third kappa shape index (κ3) is 4.51. The van der Waals surface area contributed by atoms with E-state index in [1.165, 1.54) is 0 Å². The number of benzene rings is 2. The molecular formula is C32H41N3O5. The first-order chi connectivity index (χ1) is 19.1. The summed E-state index contributed by atoms with van der Waals surface area (Å²) in [5.41, 5.74) is 1.54. The van der Waals surface area contributed by atoms with Gasteiger partial charge in [0.1, 0.15) is 11.6 Å². The topological polar surface area (TPSA) is 108 Å². The highest BCUT2D eigenvalue weighted by Gasteiger charge is 2.78. The van der Waals surface area contributed by atoms with Gasteiger partial charge in [-0.2, -0.15) is 0 Å². The lowest BCUT2D eigenvalue weighted by molar-refractivity contribution is -0.149. The van der Waals surface area contributed by atoms with E-state index in [-0.39, 0.29) is 30.2 Å². The third-order valence-electron chi connectivity index (χ3n) is 9.55. The molecule has 2 aromatic rings. The normalized spacial score (nSPS) is 30.2. The lowest BCUT2D eigenvalue weighted by Crippen LogP contribution is -2.57. The lowest BCUT2D eigenvalue weighted by atomic mass is 9.66. The zero-order chi connectivity index (χ0) is 28.8. The summed E-state index contributed by atoms with van der Waals surface area (Å²) in [6, 6.07) is 13.9. The Hall–Kier alpha value is -3.23. The number of hydrogen-bond donors (Lipinski definition) is 3. The fourth-order valence-electron chi connectivity index (χ4n) is 7.20. The Kier molecular flexibility index (Phi) is 7.52. The number of nitrogens with zero attached hydrogens (tertiary/aromatic N) is 1. The van der Waals surface area contributed by atoms with Gasteiger partial charge in [0.25, 0.3) is 0 Å². The highest BCUT2D eigenvalue weighted by atomic mass is 16.5. The second kappa shape index (κ2) is 10.6. The molecule has 2 unspecified atom stereocenters. The minimum atomic E-state index is -1.15. The molecule has 3 amide bonds. The molecule has 0 saturated carbocycles. The van der Waals surface area contributed by atoms with Crippen molar-refractivity contribution in [2.45, 2.75) is 83.7 Å². The van der Waals surface area contributed by atoms with Crippen molar-refractivity contribution >= 4 is 23.4 Å². The molecule has 214 valence electrons. The Labute approximate surface area is 236 Å². The molecular weight excluding hydrogens is 506 g/mol. The number of carbonyl (C=O) groups excluding carboxylic acids is 3. The molecule has 8 heteroatoms. The van der Waals surface area contributed by atoms with E-state index < -0.39 is 35.1 Å². The average Bonchev–Trinajstić information content (AvgIpc) is 3.51. The molecule has 2 aromatic carbocycles. The van der Waals surface area contributed by atoms with Gasteiger partial charge in [-0.15, -0.1) is 0 Å². The number of ether oxygens (including phenoxy) is 1. The van der Waals surface area contributed by atoms with Crippen LogP contribution in [-0.2, 0) is 25.7 Å². The van der Waals surface area contributed by atoms with Crippen LogP contribution >= 0.6 is 0 Å². The average molecular weight is 548 g/mol. The van der Waals surface area contributed by atoms with Crippen molar-refractivity contribution in [2.75, 3.05) is 11.9 Å². The van der Waals surface area contributed by atoms with Crippen LogP contribution in [0.3, 0.4) is 0 Å². The quantitative estimate of drug-likeness (QED) is 0.444. The summed E-state index contributed by atoms with van der Waals surface area (Å²) < 4.78 is 6.73. The van der Waals surface area contributed by atoms with Gasteiger partial charge in [-0.05, 0) is 62.3 Å². The highest BCUT2D eigenvalue weighted by molar-refractivity contribution is 6.04. The zero-order valence-corrected chi connectivity index (χ0v) is 24.1. The maximum atomic E-state index is 14.4. The predicted octanol–water partition coefficient (Wildman–Crippen LogP) is 3.73. The molecule has 2 bridgehead atoms. The van der Waals surface area contributed by atoms with E-state index in [0.717, 1.165) is 23.1 Å². The minimum Gasteiger partial charge on any atom is -0.394 e. The smallest absolute Gasteiger partial charge is 0.250 e. The molecule has 7 atom stereocenters. The Morgan fingerprint density at radius 3 is 2.52 bits per heavy atom. The Balaban J connectivity index is 1.53. The van der Waals surface area contributed by atoms with Crippen LogP contribution < -0.4 is 10.6 Å². The summed E-state index contributed by atoms with van der Waals surface area (Å²) in [7, 11) is 0. The second-order valence-electron chi connectivity index (χ2n) is 12.1. The van der Waals surface area contributed by atoms with Crippen LogP contribution in [0.4, 0.5) is 5.69 Å². The predicted molar refractivity (Wildman–Crippen MR) is 152 cm³/mol. The Bertz CT molecular complexity index is 1300. The number of amides is 3. The number of hydrogen-bond acceptors (Lipinski definition) is 5. The van der Waals surface area contributed by atoms with Gasteiger partial charge in [-0.3, -0.25) is 14.4 Å². The molecule has 3 aliphatic heterocycles. The number of anilines is 1. The monoisotopic (exact) mass is 547 g/mol. The van der Waals surface area contributed by atoms with Crippen LogP contribution in [0.5, 0.6) is 0 Å². The van der Waals surface area contributed by atoms with Crippen molar-refractivity contribution in [2.24, 2.45) is 17.8 Å². The largest absolute Gasteiger partial charge is 0.394 e. The zero-order valence-electron chi connectivity index (χ0n) is 24.1. The highest BCUT2D eigenvalue weighted by Crippen LogP contribution is 2.63. The van der Waals surface area contributed by atoms with Gasteiger partial charge >= 0.3 is 0 Å². The van der Waals surface area contributed by atoms with Gasteiger partial charge < -0.3 is 25.4 Å². The second-order valence-corrected chi connectivity index (χ2v) is 12.1. The van der Waals surface area contributed by atoms with Crippen LogP contribution in [0, 0.1) is 31.6 Å². The van der Waals surface area contributed by atoms with Crippen molar-refractivity contribution in [1.29, 1.82) is 0 Å². The van der Waals surface area contributed by atoms with E-state index in [1.54, 1.807) is 4.90 Å². The van der Waals surface area contributed by atoms with Gasteiger partial charge in [-0.25, -0.2) is 0 Å². The summed E-state index contributed by atoms with van der Waals surface area (Å²) >= 11 is 0. The third-order valence-corrected chi connectivity index (χ3v) is 9.55. The summed E-state index contributed by atoms with van der Waals surface area (Å²) in [4.78, 5) is 43.9. The van der Waals surface area contributed by atoms with E-state index in [1.807, 2.05) is 83.1 Å². The fourth-order valence-corrected chi connectivity index (χ4v) is 7.20. The van der Waals surface area contributed by atoms with Gasteiger partial charge in [0.05, 0.1) is 30.1 Å². The maximum absolute atomic E-state index is 14.4. The summed E-state index contributed by atoms with van der Waals surface area (Å²) in [6.07, 6.45) is 1.77. The van der Waals surface area contributed by atoms with Crippen molar-refractivity contribution in [1.82, 2.24) is 10.2 Å².